The van der Waals surface area contributed by atoms with Gasteiger partial charge in [0.15, 0.2) is 0 Å². The number of aliphatic hydroxyl groups is 1. The van der Waals surface area contributed by atoms with Gasteiger partial charge in [-0.2, -0.15) is 0 Å². The van der Waals surface area contributed by atoms with Crippen LogP contribution < -0.4 is 0 Å². The van der Waals surface area contributed by atoms with E-state index < -0.39 is 0 Å². The molecular weight excluding hydrogens is 262 g/mol. The molecule has 0 amide bonds. The van der Waals surface area contributed by atoms with Gasteiger partial charge in [0.05, 0.1) is 5.60 Å². The van der Waals surface area contributed by atoms with Crippen LogP contribution in [0.5, 0.6) is 0 Å². The van der Waals surface area contributed by atoms with Gasteiger partial charge in [0.1, 0.15) is 0 Å². The van der Waals surface area contributed by atoms with E-state index in [0.29, 0.717) is 6.04 Å². The third-order valence-electron chi connectivity index (χ3n) is 5.84. The lowest BCUT2D eigenvalue weighted by Crippen LogP contribution is -2.65. The minimum absolute atomic E-state index is 0.375. The van der Waals surface area contributed by atoms with Crippen molar-refractivity contribution in [3.63, 3.8) is 0 Å². The maximum atomic E-state index is 10.6. The molecule has 0 aromatic heterocycles. The monoisotopic (exact) mass is 295 g/mol. The molecule has 4 heteroatoms. The summed E-state index contributed by atoms with van der Waals surface area (Å²) in [6.45, 7) is 12.7. The first kappa shape index (κ1) is 15.7. The molecule has 0 spiro atoms. The minimum atomic E-state index is -0.375. The van der Waals surface area contributed by atoms with Crippen molar-refractivity contribution >= 4 is 0 Å². The van der Waals surface area contributed by atoms with Crippen LogP contribution in [0.15, 0.2) is 0 Å². The predicted octanol–water partition coefficient (Wildman–Crippen LogP) is 1.39. The second-order valence-corrected chi connectivity index (χ2v) is 7.80. The molecule has 1 saturated carbocycles. The van der Waals surface area contributed by atoms with Crippen LogP contribution in [-0.4, -0.2) is 83.3 Å². The standard InChI is InChI=1S/C17H33N3O/c1-15(2)19-8-10-20(11-9-19)16-12-18(13-16)14-17(21)6-4-3-5-7-17/h15-16,21H,3-14H2,1-2H3. The Hall–Kier alpha value is -0.160. The number of rotatable bonds is 4. The van der Waals surface area contributed by atoms with Crippen molar-refractivity contribution < 1.29 is 5.11 Å². The molecule has 1 N–H and O–H groups in total. The summed E-state index contributed by atoms with van der Waals surface area (Å²) in [5.41, 5.74) is -0.375. The van der Waals surface area contributed by atoms with Crippen molar-refractivity contribution in [2.75, 3.05) is 45.8 Å². The molecule has 4 nitrogen and oxygen atoms in total. The minimum Gasteiger partial charge on any atom is -0.389 e. The summed E-state index contributed by atoms with van der Waals surface area (Å²) >= 11 is 0. The molecular formula is C17H33N3O. The number of piperazine rings is 1. The molecule has 21 heavy (non-hydrogen) atoms. The number of β-amino-alcohol motifs (C(OH)–C–C–N with tert-alkyl or cyclic N) is 1. The third-order valence-corrected chi connectivity index (χ3v) is 5.84. The highest BCUT2D eigenvalue weighted by Gasteiger charge is 2.38. The molecule has 2 saturated heterocycles. The highest BCUT2D eigenvalue weighted by Crippen LogP contribution is 2.30. The average Bonchev–Trinajstić information content (AvgIpc) is 2.43. The summed E-state index contributed by atoms with van der Waals surface area (Å²) in [4.78, 5) is 7.72. The van der Waals surface area contributed by atoms with Gasteiger partial charge in [0, 0.05) is 57.9 Å². The van der Waals surface area contributed by atoms with Crippen molar-refractivity contribution in [1.82, 2.24) is 14.7 Å². The van der Waals surface area contributed by atoms with Gasteiger partial charge in [-0.25, -0.2) is 0 Å². The Morgan fingerprint density at radius 2 is 1.62 bits per heavy atom. The molecule has 3 fully saturated rings. The number of hydrogen-bond acceptors (Lipinski definition) is 4. The Kier molecular flexibility index (Phi) is 4.89. The number of nitrogens with zero attached hydrogens (tertiary/aromatic N) is 3. The highest BCUT2D eigenvalue weighted by atomic mass is 16.3. The van der Waals surface area contributed by atoms with Crippen molar-refractivity contribution in [2.45, 2.75) is 63.6 Å². The Morgan fingerprint density at radius 1 is 1.00 bits per heavy atom. The lowest BCUT2D eigenvalue weighted by atomic mass is 9.83. The van der Waals surface area contributed by atoms with Crippen LogP contribution in [-0.2, 0) is 0 Å². The second-order valence-electron chi connectivity index (χ2n) is 7.80. The molecule has 0 unspecified atom stereocenters. The number of likely N-dealkylation sites (tertiary alicyclic amines) is 1. The normalized spacial score (nSPS) is 29.7. The van der Waals surface area contributed by atoms with Gasteiger partial charge < -0.3 is 5.11 Å². The first-order valence-electron chi connectivity index (χ1n) is 8.99. The van der Waals surface area contributed by atoms with Crippen molar-refractivity contribution in [1.29, 1.82) is 0 Å². The SMILES string of the molecule is CC(C)N1CCN(C2CN(CC3(O)CCCCC3)C2)CC1. The lowest BCUT2D eigenvalue weighted by molar-refractivity contribution is -0.0691. The molecule has 0 atom stereocenters. The third kappa shape index (κ3) is 3.79. The fraction of sp³-hybridized carbons (Fsp3) is 1.00. The quantitative estimate of drug-likeness (QED) is 0.849. The van der Waals surface area contributed by atoms with Crippen molar-refractivity contribution in [3.05, 3.63) is 0 Å². The maximum absolute atomic E-state index is 10.6. The van der Waals surface area contributed by atoms with Crippen LogP contribution in [0.2, 0.25) is 0 Å². The number of hydrogen-bond donors (Lipinski definition) is 1. The van der Waals surface area contributed by atoms with Crippen LogP contribution in [0, 0.1) is 0 Å². The smallest absolute Gasteiger partial charge is 0.0774 e. The first-order chi connectivity index (χ1) is 10.1. The predicted molar refractivity (Wildman–Crippen MR) is 86.5 cm³/mol. The lowest BCUT2D eigenvalue weighted by Gasteiger charge is -2.50. The molecule has 3 aliphatic rings. The van der Waals surface area contributed by atoms with Gasteiger partial charge in [-0.1, -0.05) is 19.3 Å². The molecule has 2 aliphatic heterocycles. The molecule has 0 aromatic rings. The van der Waals surface area contributed by atoms with Crippen LogP contribution >= 0.6 is 0 Å². The molecule has 122 valence electrons. The van der Waals surface area contributed by atoms with Crippen LogP contribution in [0.25, 0.3) is 0 Å². The van der Waals surface area contributed by atoms with Crippen molar-refractivity contribution in [3.8, 4) is 0 Å². The van der Waals surface area contributed by atoms with E-state index in [9.17, 15) is 5.11 Å². The summed E-state index contributed by atoms with van der Waals surface area (Å²) in [7, 11) is 0. The Labute approximate surface area is 130 Å². The Morgan fingerprint density at radius 3 is 2.19 bits per heavy atom. The molecule has 0 radical (unpaired) electrons. The summed E-state index contributed by atoms with van der Waals surface area (Å²) in [5.74, 6) is 0. The van der Waals surface area contributed by atoms with Gasteiger partial charge in [-0.15, -0.1) is 0 Å². The topological polar surface area (TPSA) is 30.0 Å². The van der Waals surface area contributed by atoms with E-state index in [2.05, 4.69) is 28.5 Å². The van der Waals surface area contributed by atoms with Gasteiger partial charge in [-0.05, 0) is 26.7 Å². The van der Waals surface area contributed by atoms with Gasteiger partial charge in [0.2, 0.25) is 0 Å². The van der Waals surface area contributed by atoms with E-state index in [0.717, 1.165) is 25.4 Å². The van der Waals surface area contributed by atoms with Crippen LogP contribution in [0.3, 0.4) is 0 Å². The largest absolute Gasteiger partial charge is 0.389 e. The Balaban J connectivity index is 1.38. The molecule has 1 aliphatic carbocycles. The molecule has 2 heterocycles. The summed E-state index contributed by atoms with van der Waals surface area (Å²) < 4.78 is 0. The van der Waals surface area contributed by atoms with Gasteiger partial charge in [0.25, 0.3) is 0 Å². The zero-order valence-corrected chi connectivity index (χ0v) is 13.9. The van der Waals surface area contributed by atoms with E-state index >= 15 is 0 Å². The first-order valence-corrected chi connectivity index (χ1v) is 8.99. The Bertz CT molecular complexity index is 327. The van der Waals surface area contributed by atoms with Crippen LogP contribution in [0.4, 0.5) is 0 Å². The van der Waals surface area contributed by atoms with E-state index in [1.165, 1.54) is 58.5 Å². The van der Waals surface area contributed by atoms with Crippen LogP contribution in [0.1, 0.15) is 46.0 Å². The molecule has 0 bridgehead atoms. The zero-order chi connectivity index (χ0) is 14.9. The zero-order valence-electron chi connectivity index (χ0n) is 13.9. The van der Waals surface area contributed by atoms with Gasteiger partial charge >= 0.3 is 0 Å². The second kappa shape index (κ2) is 6.53. The fourth-order valence-corrected chi connectivity index (χ4v) is 4.31. The summed E-state index contributed by atoms with van der Waals surface area (Å²) in [5, 5.41) is 10.6. The van der Waals surface area contributed by atoms with Crippen molar-refractivity contribution in [2.24, 2.45) is 0 Å². The van der Waals surface area contributed by atoms with E-state index in [4.69, 9.17) is 0 Å². The summed E-state index contributed by atoms with van der Waals surface area (Å²) in [6, 6.07) is 1.43. The van der Waals surface area contributed by atoms with E-state index in [1.807, 2.05) is 0 Å². The van der Waals surface area contributed by atoms with Gasteiger partial charge in [-0.3, -0.25) is 14.7 Å². The fourth-order valence-electron chi connectivity index (χ4n) is 4.31. The summed E-state index contributed by atoms with van der Waals surface area (Å²) in [6.07, 6.45) is 5.77. The molecule has 0 aromatic carbocycles. The average molecular weight is 295 g/mol. The molecule has 3 rings (SSSR count). The van der Waals surface area contributed by atoms with E-state index in [1.54, 1.807) is 0 Å². The highest BCUT2D eigenvalue weighted by molar-refractivity contribution is 4.95. The maximum Gasteiger partial charge on any atom is 0.0774 e. The van der Waals surface area contributed by atoms with E-state index in [-0.39, 0.29) is 5.60 Å².